The summed E-state index contributed by atoms with van der Waals surface area (Å²) in [6.07, 6.45) is 0. The third kappa shape index (κ3) is 8.24. The SMILES string of the molecule is CNC(=O)CN(CC(=O)NC)C(=O)c1cc(C)cc(C(=O)N(CC(=O)NC)CC(=O)NC)c1. The molecule has 0 heterocycles. The van der Waals surface area contributed by atoms with Crippen molar-refractivity contribution in [2.24, 2.45) is 0 Å². The minimum Gasteiger partial charge on any atom is -0.358 e. The van der Waals surface area contributed by atoms with E-state index < -0.39 is 35.4 Å². The molecule has 4 N–H and O–H groups in total. The number of nitrogens with one attached hydrogen (secondary N) is 4. The maximum atomic E-state index is 13.1. The zero-order chi connectivity index (χ0) is 25.1. The first-order valence-corrected chi connectivity index (χ1v) is 10.1. The van der Waals surface area contributed by atoms with Crippen LogP contribution in [0, 0.1) is 6.92 Å². The second kappa shape index (κ2) is 12.8. The number of carbonyl (C=O) groups excluding carboxylic acids is 6. The smallest absolute Gasteiger partial charge is 0.254 e. The largest absolute Gasteiger partial charge is 0.358 e. The summed E-state index contributed by atoms with van der Waals surface area (Å²) in [5.41, 5.74) is 0.709. The van der Waals surface area contributed by atoms with Crippen molar-refractivity contribution in [2.45, 2.75) is 6.92 Å². The van der Waals surface area contributed by atoms with Crippen molar-refractivity contribution in [3.05, 3.63) is 34.9 Å². The van der Waals surface area contributed by atoms with Crippen molar-refractivity contribution in [1.29, 1.82) is 0 Å². The average molecular weight is 463 g/mol. The van der Waals surface area contributed by atoms with E-state index in [0.717, 1.165) is 9.80 Å². The number of hydrogen-bond acceptors (Lipinski definition) is 6. The van der Waals surface area contributed by atoms with Crippen molar-refractivity contribution < 1.29 is 28.8 Å². The van der Waals surface area contributed by atoms with Crippen molar-refractivity contribution in [3.8, 4) is 0 Å². The van der Waals surface area contributed by atoms with E-state index in [9.17, 15) is 28.8 Å². The lowest BCUT2D eigenvalue weighted by atomic mass is 10.0. The first-order valence-electron chi connectivity index (χ1n) is 10.1. The van der Waals surface area contributed by atoms with Crippen LogP contribution in [0.3, 0.4) is 0 Å². The van der Waals surface area contributed by atoms with Gasteiger partial charge >= 0.3 is 0 Å². The van der Waals surface area contributed by atoms with Crippen LogP contribution < -0.4 is 21.3 Å². The van der Waals surface area contributed by atoms with Gasteiger partial charge in [0, 0.05) is 39.3 Å². The Bertz CT molecular complexity index is 826. The molecule has 0 unspecified atom stereocenters. The van der Waals surface area contributed by atoms with Gasteiger partial charge in [-0.3, -0.25) is 28.8 Å². The Hall–Kier alpha value is -3.96. The molecule has 0 spiro atoms. The fourth-order valence-electron chi connectivity index (χ4n) is 2.80. The summed E-state index contributed by atoms with van der Waals surface area (Å²) < 4.78 is 0. The van der Waals surface area contributed by atoms with Crippen LogP contribution in [0.15, 0.2) is 18.2 Å². The fourth-order valence-corrected chi connectivity index (χ4v) is 2.80. The Kier molecular flexibility index (Phi) is 10.5. The Morgan fingerprint density at radius 2 is 0.848 bits per heavy atom. The molecular weight excluding hydrogens is 432 g/mol. The van der Waals surface area contributed by atoms with Crippen molar-refractivity contribution in [1.82, 2.24) is 31.1 Å². The van der Waals surface area contributed by atoms with Gasteiger partial charge < -0.3 is 31.1 Å². The molecule has 0 aliphatic carbocycles. The highest BCUT2D eigenvalue weighted by molar-refractivity contribution is 6.03. The van der Waals surface area contributed by atoms with Gasteiger partial charge in [0.1, 0.15) is 26.2 Å². The van der Waals surface area contributed by atoms with E-state index in [1.54, 1.807) is 6.92 Å². The summed E-state index contributed by atoms with van der Waals surface area (Å²) in [5, 5.41) is 9.58. The van der Waals surface area contributed by atoms with E-state index >= 15 is 0 Å². The average Bonchev–Trinajstić information content (AvgIpc) is 2.80. The summed E-state index contributed by atoms with van der Waals surface area (Å²) in [6.45, 7) is 0.217. The Morgan fingerprint density at radius 3 is 1.09 bits per heavy atom. The van der Waals surface area contributed by atoms with Crippen LogP contribution >= 0.6 is 0 Å². The van der Waals surface area contributed by atoms with Crippen LogP contribution in [-0.4, -0.2) is 99.6 Å². The van der Waals surface area contributed by atoms with Gasteiger partial charge in [0.2, 0.25) is 23.6 Å². The highest BCUT2D eigenvalue weighted by Gasteiger charge is 2.25. The highest BCUT2D eigenvalue weighted by atomic mass is 16.2. The second-order valence-electron chi connectivity index (χ2n) is 7.10. The van der Waals surface area contributed by atoms with Crippen LogP contribution in [-0.2, 0) is 19.2 Å². The molecule has 0 radical (unpaired) electrons. The zero-order valence-corrected chi connectivity index (χ0v) is 19.4. The Labute approximate surface area is 192 Å². The van der Waals surface area contributed by atoms with Gasteiger partial charge in [-0.25, -0.2) is 0 Å². The molecule has 0 saturated carbocycles. The third-order valence-electron chi connectivity index (χ3n) is 4.60. The molecule has 0 aromatic heterocycles. The molecule has 12 nitrogen and oxygen atoms in total. The van der Waals surface area contributed by atoms with E-state index in [4.69, 9.17) is 0 Å². The monoisotopic (exact) mass is 462 g/mol. The molecule has 1 rings (SSSR count). The Morgan fingerprint density at radius 1 is 0.576 bits per heavy atom. The highest BCUT2D eigenvalue weighted by Crippen LogP contribution is 2.15. The number of carbonyl (C=O) groups is 6. The van der Waals surface area contributed by atoms with Gasteiger partial charge in [0.05, 0.1) is 0 Å². The lowest BCUT2D eigenvalue weighted by Gasteiger charge is -2.23. The predicted octanol–water partition coefficient (Wildman–Crippen LogP) is -2.14. The van der Waals surface area contributed by atoms with E-state index in [2.05, 4.69) is 21.3 Å². The molecule has 0 aliphatic rings. The summed E-state index contributed by atoms with van der Waals surface area (Å²) in [4.78, 5) is 75.7. The lowest BCUT2D eigenvalue weighted by Crippen LogP contribution is -2.45. The van der Waals surface area contributed by atoms with E-state index in [1.165, 1.54) is 46.4 Å². The van der Waals surface area contributed by atoms with Crippen molar-refractivity contribution in [2.75, 3.05) is 54.4 Å². The summed E-state index contributed by atoms with van der Waals surface area (Å²) in [7, 11) is 5.62. The van der Waals surface area contributed by atoms with Gasteiger partial charge in [-0.1, -0.05) is 0 Å². The van der Waals surface area contributed by atoms with Crippen LogP contribution in [0.2, 0.25) is 0 Å². The molecule has 33 heavy (non-hydrogen) atoms. The topological polar surface area (TPSA) is 157 Å². The molecule has 0 aliphatic heterocycles. The number of benzene rings is 1. The summed E-state index contributed by atoms with van der Waals surface area (Å²) in [5.74, 6) is -3.16. The third-order valence-corrected chi connectivity index (χ3v) is 4.60. The molecule has 0 saturated heterocycles. The fraction of sp³-hybridized carbons (Fsp3) is 0.429. The van der Waals surface area contributed by atoms with Crippen molar-refractivity contribution in [3.63, 3.8) is 0 Å². The number of rotatable bonds is 10. The maximum Gasteiger partial charge on any atom is 0.254 e. The first kappa shape index (κ1) is 27.1. The molecular formula is C21H30N6O6. The molecule has 12 heteroatoms. The van der Waals surface area contributed by atoms with Crippen LogP contribution in [0.4, 0.5) is 0 Å². The zero-order valence-electron chi connectivity index (χ0n) is 19.4. The quantitative estimate of drug-likeness (QED) is 0.311. The number of likely N-dealkylation sites (N-methyl/N-ethyl adjacent to an activating group) is 4. The summed E-state index contributed by atoms with van der Waals surface area (Å²) in [6, 6.07) is 4.34. The second-order valence-corrected chi connectivity index (χ2v) is 7.10. The molecule has 0 atom stereocenters. The molecule has 0 bridgehead atoms. The van der Waals surface area contributed by atoms with E-state index in [-0.39, 0.29) is 37.3 Å². The molecule has 1 aromatic rings. The van der Waals surface area contributed by atoms with Gasteiger partial charge in [-0.2, -0.15) is 0 Å². The van der Waals surface area contributed by atoms with Gasteiger partial charge in [0.15, 0.2) is 0 Å². The molecule has 180 valence electrons. The summed E-state index contributed by atoms with van der Waals surface area (Å²) >= 11 is 0. The minimum atomic E-state index is -0.635. The lowest BCUT2D eigenvalue weighted by molar-refractivity contribution is -0.125. The van der Waals surface area contributed by atoms with Crippen LogP contribution in [0.25, 0.3) is 0 Å². The standard InChI is InChI=1S/C21H30N6O6/c1-13-6-14(20(32)26(9-16(28)22-2)10-17(29)23-3)8-15(7-13)21(33)27(11-18(30)24-4)12-19(31)25-5/h6-8H,9-12H2,1-5H3,(H,22,28)(H,23,29)(H,24,30)(H,25,31). The van der Waals surface area contributed by atoms with Gasteiger partial charge in [-0.05, 0) is 30.7 Å². The van der Waals surface area contributed by atoms with Crippen LogP contribution in [0.5, 0.6) is 0 Å². The van der Waals surface area contributed by atoms with E-state index in [1.807, 2.05) is 0 Å². The number of hydrogen-bond donors (Lipinski definition) is 4. The van der Waals surface area contributed by atoms with Crippen molar-refractivity contribution >= 4 is 35.4 Å². The minimum absolute atomic E-state index is 0.0750. The number of nitrogens with zero attached hydrogens (tertiary/aromatic N) is 2. The molecule has 6 amide bonds. The molecule has 0 fully saturated rings. The Balaban J connectivity index is 3.33. The first-order chi connectivity index (χ1) is 15.6. The maximum absolute atomic E-state index is 13.1. The predicted molar refractivity (Wildman–Crippen MR) is 119 cm³/mol. The number of aryl methyl sites for hydroxylation is 1. The van der Waals surface area contributed by atoms with Gasteiger partial charge in [0.25, 0.3) is 11.8 Å². The van der Waals surface area contributed by atoms with E-state index in [0.29, 0.717) is 5.56 Å². The van der Waals surface area contributed by atoms with Gasteiger partial charge in [-0.15, -0.1) is 0 Å². The van der Waals surface area contributed by atoms with Crippen LogP contribution in [0.1, 0.15) is 26.3 Å². The normalized spacial score (nSPS) is 9.97. The molecule has 1 aromatic carbocycles. The number of amides is 6.